The number of para-hydroxylation sites is 3. The van der Waals surface area contributed by atoms with E-state index in [1.807, 2.05) is 110 Å². The first-order valence-electron chi connectivity index (χ1n) is 19.1. The van der Waals surface area contributed by atoms with Crippen LogP contribution in [-0.4, -0.2) is 55.4 Å². The lowest BCUT2D eigenvalue weighted by Crippen LogP contribution is -2.45. The van der Waals surface area contributed by atoms with E-state index >= 15 is 8.90 Å². The van der Waals surface area contributed by atoms with Crippen molar-refractivity contribution in [2.24, 2.45) is 5.92 Å². The molecule has 12 heteroatoms. The first-order chi connectivity index (χ1) is 27.4. The van der Waals surface area contributed by atoms with E-state index in [1.54, 1.807) is 46.0 Å². The molecule has 3 amide bonds. The maximum atomic E-state index is 16.6. The van der Waals surface area contributed by atoms with Gasteiger partial charge in [-0.15, -0.1) is 0 Å². The molecule has 3 aliphatic heterocycles. The van der Waals surface area contributed by atoms with Gasteiger partial charge >= 0.3 is 0 Å². The minimum Gasteiger partial charge on any atom is -0.454 e. The number of anilines is 3. The second-order valence-corrected chi connectivity index (χ2v) is 20.1. The molecule has 0 unspecified atom stereocenters. The molecule has 1 spiro atoms. The van der Waals surface area contributed by atoms with Gasteiger partial charge in [-0.25, -0.2) is 0 Å². The quantitative estimate of drug-likeness (QED) is 0.111. The van der Waals surface area contributed by atoms with E-state index in [4.69, 9.17) is 9.47 Å². The summed E-state index contributed by atoms with van der Waals surface area (Å²) in [5, 5.41) is 9.88. The van der Waals surface area contributed by atoms with Crippen LogP contribution < -0.4 is 14.5 Å². The predicted molar refractivity (Wildman–Crippen MR) is 223 cm³/mol. The Morgan fingerprint density at radius 1 is 0.877 bits per heavy atom. The van der Waals surface area contributed by atoms with Gasteiger partial charge in [-0.1, -0.05) is 89.6 Å². The highest BCUT2D eigenvalue weighted by Gasteiger charge is 2.67. The Morgan fingerprint density at radius 2 is 1.58 bits per heavy atom. The monoisotopic (exact) mass is 847 g/mol. The summed E-state index contributed by atoms with van der Waals surface area (Å²) >= 11 is 3.61. The SMILES string of the molecule is C[C@H]1[C@H]([Si](C)(C)F)[C@@H](CC(=O)N(CCO)Cc2ccccc2)O[C@]12C(=O)N(Cc1cccc(N3C(=O)c4ccccc4Oc4ccccc43)c1)c1ccc(Br)cc12. The third-order valence-corrected chi connectivity index (χ3v) is 14.3. The van der Waals surface area contributed by atoms with Crippen LogP contribution in [0.2, 0.25) is 18.6 Å². The van der Waals surface area contributed by atoms with E-state index < -0.39 is 31.6 Å². The maximum absolute atomic E-state index is 16.6. The lowest BCUT2D eigenvalue weighted by atomic mass is 9.82. The molecule has 0 saturated carbocycles. The second-order valence-electron chi connectivity index (χ2n) is 15.4. The Labute approximate surface area is 340 Å². The highest BCUT2D eigenvalue weighted by molar-refractivity contribution is 9.10. The van der Waals surface area contributed by atoms with Crippen LogP contribution in [-0.2, 0) is 33.0 Å². The van der Waals surface area contributed by atoms with E-state index in [9.17, 15) is 14.7 Å². The topological polar surface area (TPSA) is 99.6 Å². The first-order valence-corrected chi connectivity index (χ1v) is 22.9. The molecule has 0 aromatic heterocycles. The number of carbonyl (C=O) groups is 3. The lowest BCUT2D eigenvalue weighted by Gasteiger charge is -2.31. The molecule has 4 atom stereocenters. The number of aliphatic hydroxyl groups is 1. The summed E-state index contributed by atoms with van der Waals surface area (Å²) in [5.74, 6) is -0.474. The van der Waals surface area contributed by atoms with Gasteiger partial charge in [0.25, 0.3) is 11.8 Å². The fourth-order valence-electron chi connectivity index (χ4n) is 8.94. The highest BCUT2D eigenvalue weighted by atomic mass is 79.9. The van der Waals surface area contributed by atoms with Crippen molar-refractivity contribution in [3.8, 4) is 11.5 Å². The third kappa shape index (κ3) is 6.98. The second kappa shape index (κ2) is 15.3. The van der Waals surface area contributed by atoms with Crippen molar-refractivity contribution in [3.63, 3.8) is 0 Å². The van der Waals surface area contributed by atoms with Gasteiger partial charge in [0.05, 0.1) is 42.6 Å². The van der Waals surface area contributed by atoms with Gasteiger partial charge in [0.2, 0.25) is 14.3 Å². The standard InChI is InChI=1S/C45H43BrFN3O6Si/c1-29-42(57(2,3)47)40(26-41(52)48(22-23-51)27-30-12-5-4-6-13-30)56-45(29)35-25-32(46)20-21-36(35)49(44(45)54)28-31-14-11-15-33(24-31)50-37-17-8-10-19-39(37)55-38-18-9-7-16-34(38)43(50)53/h4-21,24-25,29,40,42,51H,22-23,26-28H2,1-3H3/t29-,40+,42-,45+/m0/s1. The number of carbonyl (C=O) groups excluding carboxylic acids is 3. The van der Waals surface area contributed by atoms with Crippen molar-refractivity contribution < 1.29 is 33.1 Å². The van der Waals surface area contributed by atoms with E-state index in [0.717, 1.165) is 15.6 Å². The number of hydrogen-bond donors (Lipinski definition) is 1. The number of amides is 3. The molecule has 3 aliphatic rings. The molecular weight excluding hydrogens is 805 g/mol. The van der Waals surface area contributed by atoms with Crippen LogP contribution in [0.3, 0.4) is 0 Å². The van der Waals surface area contributed by atoms with Gasteiger partial charge < -0.3 is 28.5 Å². The Kier molecular flexibility index (Phi) is 10.4. The number of benzene rings is 5. The number of nitrogens with zero attached hydrogens (tertiary/aromatic N) is 3. The van der Waals surface area contributed by atoms with Crippen LogP contribution in [0, 0.1) is 5.92 Å². The van der Waals surface area contributed by atoms with Crippen LogP contribution >= 0.6 is 15.9 Å². The average Bonchev–Trinajstić information content (AvgIpc) is 3.56. The van der Waals surface area contributed by atoms with Gasteiger partial charge in [-0.3, -0.25) is 19.3 Å². The third-order valence-electron chi connectivity index (χ3n) is 11.4. The zero-order valence-electron chi connectivity index (χ0n) is 31.9. The molecule has 1 N–H and O–H groups in total. The first kappa shape index (κ1) is 38.7. The van der Waals surface area contributed by atoms with Crippen LogP contribution in [0.15, 0.2) is 126 Å². The van der Waals surface area contributed by atoms with Crippen LogP contribution in [0.4, 0.5) is 21.2 Å². The smallest absolute Gasteiger partial charge is 0.266 e. The summed E-state index contributed by atoms with van der Waals surface area (Å²) in [6.07, 6.45) is -1.02. The average molecular weight is 849 g/mol. The minimum absolute atomic E-state index is 0.109. The number of fused-ring (bicyclic) bond motifs is 4. The molecule has 5 aromatic carbocycles. The Morgan fingerprint density at radius 3 is 2.33 bits per heavy atom. The normalized spacial score (nSPS) is 21.2. The largest absolute Gasteiger partial charge is 0.454 e. The van der Waals surface area contributed by atoms with E-state index in [0.29, 0.717) is 39.7 Å². The molecule has 292 valence electrons. The maximum Gasteiger partial charge on any atom is 0.266 e. The van der Waals surface area contributed by atoms with Crippen molar-refractivity contribution in [3.05, 3.63) is 148 Å². The van der Waals surface area contributed by atoms with Gasteiger partial charge in [0, 0.05) is 40.3 Å². The molecule has 0 aliphatic carbocycles. The summed E-state index contributed by atoms with van der Waals surface area (Å²) in [6, 6.07) is 37.1. The van der Waals surface area contributed by atoms with Crippen molar-refractivity contribution >= 4 is 59.1 Å². The van der Waals surface area contributed by atoms with Crippen molar-refractivity contribution in [1.82, 2.24) is 4.90 Å². The lowest BCUT2D eigenvalue weighted by molar-refractivity contribution is -0.150. The minimum atomic E-state index is -3.57. The summed E-state index contributed by atoms with van der Waals surface area (Å²) < 4.78 is 30.4. The number of rotatable bonds is 10. The predicted octanol–water partition coefficient (Wildman–Crippen LogP) is 9.27. The van der Waals surface area contributed by atoms with Crippen LogP contribution in [0.5, 0.6) is 11.5 Å². The summed E-state index contributed by atoms with van der Waals surface area (Å²) in [4.78, 5) is 48.2. The molecule has 5 aromatic rings. The number of halogens is 2. The zero-order chi connectivity index (χ0) is 40.1. The number of hydrogen-bond acceptors (Lipinski definition) is 6. The van der Waals surface area contributed by atoms with E-state index in [2.05, 4.69) is 15.9 Å². The molecule has 0 radical (unpaired) electrons. The number of aliphatic hydroxyl groups excluding tert-OH is 1. The van der Waals surface area contributed by atoms with Gasteiger partial charge in [-0.2, -0.15) is 0 Å². The molecule has 3 heterocycles. The Balaban J connectivity index is 1.13. The zero-order valence-corrected chi connectivity index (χ0v) is 34.5. The van der Waals surface area contributed by atoms with Crippen molar-refractivity contribution in [1.29, 1.82) is 0 Å². The molecule has 1 fully saturated rings. The Bertz CT molecular complexity index is 2360. The summed E-state index contributed by atoms with van der Waals surface area (Å²) in [7, 11) is -3.57. The van der Waals surface area contributed by atoms with Crippen molar-refractivity contribution in [2.45, 2.75) is 56.8 Å². The number of ether oxygens (including phenoxy) is 2. The molecule has 0 bridgehead atoms. The molecule has 8 rings (SSSR count). The molecular formula is C45H43BrFN3O6Si. The molecule has 9 nitrogen and oxygen atoms in total. The van der Waals surface area contributed by atoms with E-state index in [1.165, 1.54) is 0 Å². The van der Waals surface area contributed by atoms with Crippen LogP contribution in [0.1, 0.15) is 40.4 Å². The van der Waals surface area contributed by atoms with Gasteiger partial charge in [-0.05, 0) is 78.8 Å². The van der Waals surface area contributed by atoms with E-state index in [-0.39, 0.29) is 50.4 Å². The Hall–Kier alpha value is -5.14. The molecule has 1 saturated heterocycles. The van der Waals surface area contributed by atoms with Crippen LogP contribution in [0.25, 0.3) is 0 Å². The highest BCUT2D eigenvalue weighted by Crippen LogP contribution is 2.60. The van der Waals surface area contributed by atoms with Gasteiger partial charge in [0.15, 0.2) is 11.4 Å². The molecule has 57 heavy (non-hydrogen) atoms. The van der Waals surface area contributed by atoms with Gasteiger partial charge in [0.1, 0.15) is 5.75 Å². The van der Waals surface area contributed by atoms with Crippen molar-refractivity contribution in [2.75, 3.05) is 23.0 Å². The summed E-state index contributed by atoms with van der Waals surface area (Å²) in [6.45, 7) is 5.39. The summed E-state index contributed by atoms with van der Waals surface area (Å²) in [5.41, 5.74) is 2.27. The fourth-order valence-corrected chi connectivity index (χ4v) is 11.8. The fraction of sp³-hybridized carbons (Fsp3) is 0.267.